The maximum Gasteiger partial charge on any atom is 0.342 e. The summed E-state index contributed by atoms with van der Waals surface area (Å²) in [7, 11) is -2.44. The second-order valence-electron chi connectivity index (χ2n) is 12.5. The minimum Gasteiger partial charge on any atom is -0.511 e. The number of anilines is 2. The number of nitrogens with one attached hydrogen (secondary N) is 1. The van der Waals surface area contributed by atoms with Crippen LogP contribution in [0.3, 0.4) is 0 Å². The van der Waals surface area contributed by atoms with Crippen LogP contribution in [0.1, 0.15) is 60.4 Å². The Hall–Kier alpha value is -4.66. The quantitative estimate of drug-likeness (QED) is 0.150. The molecule has 2 N–H and O–H groups in total. The van der Waals surface area contributed by atoms with Crippen molar-refractivity contribution >= 4 is 32.9 Å². The van der Waals surface area contributed by atoms with Gasteiger partial charge in [-0.3, -0.25) is 4.90 Å². The Labute approximate surface area is 283 Å². The van der Waals surface area contributed by atoms with E-state index in [0.717, 1.165) is 34.4 Å². The maximum absolute atomic E-state index is 14.2. The molecule has 2 heterocycles. The first-order chi connectivity index (χ1) is 23.2. The highest BCUT2D eigenvalue weighted by atomic mass is 32.2. The molecule has 0 amide bonds. The number of esters is 1. The number of hydrogen-bond donors (Lipinski definition) is 2. The first kappa shape index (κ1) is 33.2. The minimum atomic E-state index is -3.84. The number of para-hydroxylation sites is 1. The van der Waals surface area contributed by atoms with E-state index in [2.05, 4.69) is 29.0 Å². The Balaban J connectivity index is 1.43. The zero-order chi connectivity index (χ0) is 33.7. The average molecular weight is 663 g/mol. The molecule has 7 nitrogen and oxygen atoms in total. The molecule has 4 aromatic carbocycles. The molecule has 0 saturated carbocycles. The van der Waals surface area contributed by atoms with Crippen molar-refractivity contribution in [3.8, 4) is 0 Å². The van der Waals surface area contributed by atoms with Gasteiger partial charge in [-0.2, -0.15) is 0 Å². The van der Waals surface area contributed by atoms with Gasteiger partial charge in [-0.05, 0) is 91.6 Å². The highest BCUT2D eigenvalue weighted by molar-refractivity contribution is 7.93. The first-order valence-electron chi connectivity index (χ1n) is 16.6. The van der Waals surface area contributed by atoms with Crippen molar-refractivity contribution in [2.24, 2.45) is 0 Å². The van der Waals surface area contributed by atoms with Crippen LogP contribution in [0, 0.1) is 0 Å². The van der Waals surface area contributed by atoms with Gasteiger partial charge in [0.25, 0.3) is 10.0 Å². The van der Waals surface area contributed by atoms with Gasteiger partial charge in [-0.1, -0.05) is 104 Å². The molecule has 4 aromatic rings. The van der Waals surface area contributed by atoms with Gasteiger partial charge in [-0.25, -0.2) is 17.9 Å². The number of fused-ring (bicyclic) bond motifs is 1. The van der Waals surface area contributed by atoms with Crippen LogP contribution in [0.5, 0.6) is 0 Å². The van der Waals surface area contributed by atoms with Crippen LogP contribution in [-0.2, 0) is 45.2 Å². The smallest absolute Gasteiger partial charge is 0.342 e. The summed E-state index contributed by atoms with van der Waals surface area (Å²) in [5, 5.41) is 12.0. The summed E-state index contributed by atoms with van der Waals surface area (Å²) in [6, 6.07) is 33.5. The molecule has 2 aliphatic heterocycles. The molecule has 0 radical (unpaired) electrons. The van der Waals surface area contributed by atoms with Gasteiger partial charge in [0.15, 0.2) is 5.03 Å². The molecular formula is C40H42N2O5S. The number of hydrogen-bond acceptors (Lipinski definition) is 6. The number of aliphatic hydroxyl groups excluding tert-OH is 1. The second-order valence-corrected chi connectivity index (χ2v) is 14.3. The summed E-state index contributed by atoms with van der Waals surface area (Å²) in [5.41, 5.74) is 5.25. The number of benzene rings is 4. The Morgan fingerprint density at radius 3 is 2.02 bits per heavy atom. The minimum absolute atomic E-state index is 0.000433. The monoisotopic (exact) mass is 662 g/mol. The highest BCUT2D eigenvalue weighted by Gasteiger charge is 2.43. The topological polar surface area (TPSA) is 95.9 Å². The van der Waals surface area contributed by atoms with Crippen molar-refractivity contribution in [1.82, 2.24) is 4.72 Å². The van der Waals surface area contributed by atoms with Gasteiger partial charge in [0.1, 0.15) is 16.9 Å². The first-order valence-corrected chi connectivity index (χ1v) is 18.1. The van der Waals surface area contributed by atoms with Gasteiger partial charge in [0, 0.05) is 6.42 Å². The number of sulfonamides is 1. The van der Waals surface area contributed by atoms with Gasteiger partial charge in [0.05, 0.1) is 11.4 Å². The summed E-state index contributed by atoms with van der Waals surface area (Å²) in [6.07, 6.45) is 6.19. The molecule has 8 heteroatoms. The van der Waals surface area contributed by atoms with Crippen LogP contribution in [0.2, 0.25) is 0 Å². The summed E-state index contributed by atoms with van der Waals surface area (Å²) < 4.78 is 35.6. The number of carbonyl (C=O) groups excluding carboxylic acids is 1. The fourth-order valence-corrected chi connectivity index (χ4v) is 7.87. The van der Waals surface area contributed by atoms with Crippen LogP contribution in [0.25, 0.3) is 5.57 Å². The second kappa shape index (κ2) is 14.2. The number of rotatable bonds is 12. The van der Waals surface area contributed by atoms with Crippen molar-refractivity contribution in [1.29, 1.82) is 0 Å². The standard InChI is InChI=1S/C40H42N2O5S/c1-3-13-32-33(19-12-21-35(32)42-34-20-11-10-18-31(34)22-23-37(42)48(45,46)41-2)38-36(43)28-40(47-39(38)44,26-24-29-14-6-4-7-15-29)27-25-30-16-8-5-9-17-30/h4-12,14-21,23,41,43H,3,13,22,24-28H2,1-2H3. The fourth-order valence-electron chi connectivity index (χ4n) is 6.92. The number of aryl methyl sites for hydroxylation is 2. The summed E-state index contributed by atoms with van der Waals surface area (Å²) in [6.45, 7) is 2.04. The summed E-state index contributed by atoms with van der Waals surface area (Å²) >= 11 is 0. The fraction of sp³-hybridized carbons (Fsp3) is 0.275. The van der Waals surface area contributed by atoms with Crippen molar-refractivity contribution in [2.45, 2.75) is 63.9 Å². The van der Waals surface area contributed by atoms with E-state index in [-0.39, 0.29) is 22.8 Å². The van der Waals surface area contributed by atoms with E-state index in [1.165, 1.54) is 7.05 Å². The van der Waals surface area contributed by atoms with Crippen molar-refractivity contribution in [3.05, 3.63) is 148 Å². The normalized spacial score (nSPS) is 15.9. The van der Waals surface area contributed by atoms with Gasteiger partial charge >= 0.3 is 5.97 Å². The average Bonchev–Trinajstić information content (AvgIpc) is 3.11. The lowest BCUT2D eigenvalue weighted by molar-refractivity contribution is -0.157. The third-order valence-electron chi connectivity index (χ3n) is 9.37. The number of allylic oxidation sites excluding steroid dienone is 1. The van der Waals surface area contributed by atoms with Crippen LogP contribution >= 0.6 is 0 Å². The molecule has 248 valence electrons. The van der Waals surface area contributed by atoms with Crippen molar-refractivity contribution in [3.63, 3.8) is 0 Å². The predicted molar refractivity (Wildman–Crippen MR) is 191 cm³/mol. The predicted octanol–water partition coefficient (Wildman–Crippen LogP) is 7.94. The van der Waals surface area contributed by atoms with Gasteiger partial charge in [-0.15, -0.1) is 0 Å². The molecule has 0 spiro atoms. The number of cyclic esters (lactones) is 1. The van der Waals surface area contributed by atoms with E-state index >= 15 is 0 Å². The van der Waals surface area contributed by atoms with Gasteiger partial charge < -0.3 is 9.84 Å². The zero-order valence-electron chi connectivity index (χ0n) is 27.5. The lowest BCUT2D eigenvalue weighted by Gasteiger charge is -2.38. The molecule has 0 unspecified atom stereocenters. The molecule has 6 rings (SSSR count). The molecule has 0 bridgehead atoms. The Bertz CT molecular complexity index is 1910. The number of ether oxygens (including phenoxy) is 1. The Morgan fingerprint density at radius 1 is 0.812 bits per heavy atom. The molecule has 0 saturated heterocycles. The van der Waals surface area contributed by atoms with Crippen LogP contribution in [0.15, 0.2) is 120 Å². The number of aliphatic hydroxyl groups is 1. The third kappa shape index (κ3) is 6.82. The van der Waals surface area contributed by atoms with E-state index in [9.17, 15) is 18.3 Å². The number of nitrogens with zero attached hydrogens (tertiary/aromatic N) is 1. The molecule has 0 fully saturated rings. The Morgan fingerprint density at radius 2 is 1.42 bits per heavy atom. The molecule has 2 aliphatic rings. The van der Waals surface area contributed by atoms with Crippen LogP contribution in [-0.4, -0.2) is 32.1 Å². The lowest BCUT2D eigenvalue weighted by Crippen LogP contribution is -2.41. The van der Waals surface area contributed by atoms with E-state index in [1.54, 1.807) is 11.0 Å². The largest absolute Gasteiger partial charge is 0.511 e. The Kier molecular flexibility index (Phi) is 9.85. The third-order valence-corrected chi connectivity index (χ3v) is 10.8. The SMILES string of the molecule is CCCc1c(C2=C(O)CC(CCc3ccccc3)(CCc3ccccc3)OC2=O)cccc1N1C(S(=O)(=O)NC)=CCc2ccccc21. The molecular weight excluding hydrogens is 621 g/mol. The highest BCUT2D eigenvalue weighted by Crippen LogP contribution is 2.45. The van der Waals surface area contributed by atoms with E-state index in [4.69, 9.17) is 4.74 Å². The summed E-state index contributed by atoms with van der Waals surface area (Å²) in [5.74, 6) is -0.563. The van der Waals surface area contributed by atoms with Crippen molar-refractivity contribution in [2.75, 3.05) is 11.9 Å². The van der Waals surface area contributed by atoms with E-state index < -0.39 is 21.6 Å². The van der Waals surface area contributed by atoms with Gasteiger partial charge in [0.2, 0.25) is 0 Å². The van der Waals surface area contributed by atoms with Crippen LogP contribution in [0.4, 0.5) is 11.4 Å². The lowest BCUT2D eigenvalue weighted by atomic mass is 9.81. The van der Waals surface area contributed by atoms with E-state index in [0.29, 0.717) is 49.8 Å². The molecule has 0 aliphatic carbocycles. The maximum atomic E-state index is 14.2. The number of carbonyl (C=O) groups is 1. The molecule has 0 aromatic heterocycles. The zero-order valence-corrected chi connectivity index (χ0v) is 28.3. The van der Waals surface area contributed by atoms with Crippen LogP contribution < -0.4 is 9.62 Å². The summed E-state index contributed by atoms with van der Waals surface area (Å²) in [4.78, 5) is 15.9. The van der Waals surface area contributed by atoms with Crippen molar-refractivity contribution < 1.29 is 23.1 Å². The molecule has 0 atom stereocenters. The molecule has 48 heavy (non-hydrogen) atoms. The van der Waals surface area contributed by atoms with E-state index in [1.807, 2.05) is 85.8 Å².